The molecule has 7 aliphatic heterocycles. The van der Waals surface area contributed by atoms with Crippen LogP contribution in [0.1, 0.15) is 103 Å². The highest BCUT2D eigenvalue weighted by atomic mass is 32.2. The van der Waals surface area contributed by atoms with Crippen molar-refractivity contribution in [2.75, 3.05) is 47.0 Å². The molecule has 7 heterocycles. The van der Waals surface area contributed by atoms with E-state index < -0.39 is 64.4 Å². The number of fused-ring (bicyclic) bond motifs is 9. The second kappa shape index (κ2) is 16.3. The maximum Gasteiger partial charge on any atom is 0.514 e. The lowest BCUT2D eigenvalue weighted by molar-refractivity contribution is -0.157. The molecule has 2 saturated heterocycles. The van der Waals surface area contributed by atoms with E-state index in [0.29, 0.717) is 64.5 Å². The quantitative estimate of drug-likeness (QED) is 0.154. The maximum absolute atomic E-state index is 15.2. The molecule has 0 radical (unpaired) electrons. The summed E-state index contributed by atoms with van der Waals surface area (Å²) in [5.41, 5.74) is 2.09. The molecule has 1 spiro atoms. The summed E-state index contributed by atoms with van der Waals surface area (Å²) < 4.78 is 53.8. The fourth-order valence-electron chi connectivity index (χ4n) is 10.8. The Labute approximate surface area is 387 Å². The summed E-state index contributed by atoms with van der Waals surface area (Å²) in [6.45, 7) is 14.1. The number of thioether (sulfide) groups is 1. The number of ether oxygens (including phenoxy) is 9. The zero-order valence-electron chi connectivity index (χ0n) is 39.0. The number of carbonyl (C=O) groups excluding carboxylic acids is 3. The second-order valence-electron chi connectivity index (χ2n) is 19.6. The van der Waals surface area contributed by atoms with E-state index in [-0.39, 0.29) is 48.2 Å². The van der Waals surface area contributed by atoms with E-state index in [2.05, 4.69) is 21.2 Å². The molecule has 3 aromatic rings. The number of aromatic hydroxyl groups is 1. The van der Waals surface area contributed by atoms with Gasteiger partial charge in [0, 0.05) is 46.6 Å². The molecule has 1 unspecified atom stereocenters. The summed E-state index contributed by atoms with van der Waals surface area (Å²) in [6, 6.07) is 4.93. The van der Waals surface area contributed by atoms with Gasteiger partial charge < -0.3 is 47.7 Å². The van der Waals surface area contributed by atoms with Gasteiger partial charge in [0.2, 0.25) is 6.79 Å². The molecule has 7 atom stereocenters. The minimum absolute atomic E-state index is 0.00529. The highest BCUT2D eigenvalue weighted by Gasteiger charge is 2.62. The lowest BCUT2D eigenvalue weighted by atomic mass is 9.71. The Morgan fingerprint density at radius 3 is 2.27 bits per heavy atom. The highest BCUT2D eigenvalue weighted by molar-refractivity contribution is 7.99. The van der Waals surface area contributed by atoms with Crippen LogP contribution in [0, 0.1) is 25.2 Å². The Balaban J connectivity index is 1.27. The average Bonchev–Trinajstić information content (AvgIpc) is 3.73. The van der Waals surface area contributed by atoms with Gasteiger partial charge in [0.05, 0.1) is 37.6 Å². The summed E-state index contributed by atoms with van der Waals surface area (Å²) >= 11 is 1.43. The third-order valence-corrected chi connectivity index (χ3v) is 14.8. The van der Waals surface area contributed by atoms with Crippen molar-refractivity contribution in [2.45, 2.75) is 120 Å². The molecular formula is C48H56N4O13S. The molecule has 4 bridgehead atoms. The van der Waals surface area contributed by atoms with Crippen molar-refractivity contribution < 1.29 is 62.1 Å². The number of likely N-dealkylation sites (N-methyl/N-ethyl adjacent to an activating group) is 1. The van der Waals surface area contributed by atoms with Crippen molar-refractivity contribution in [3.63, 3.8) is 0 Å². The van der Waals surface area contributed by atoms with Crippen LogP contribution in [0.2, 0.25) is 0 Å². The zero-order valence-corrected chi connectivity index (χ0v) is 39.9. The summed E-state index contributed by atoms with van der Waals surface area (Å²) in [5.74, 6) is 1.14. The molecule has 7 aliphatic rings. The number of aryl methyl sites for hydroxylation is 1. The molecule has 0 amide bonds. The summed E-state index contributed by atoms with van der Waals surface area (Å²) in [4.78, 5) is 46.2. The van der Waals surface area contributed by atoms with Crippen molar-refractivity contribution >= 4 is 30.0 Å². The van der Waals surface area contributed by atoms with Crippen molar-refractivity contribution in [1.29, 1.82) is 5.26 Å². The zero-order chi connectivity index (χ0) is 47.4. The number of esters is 1. The number of benzene rings is 3. The largest absolute Gasteiger partial charge is 0.514 e. The first-order valence-corrected chi connectivity index (χ1v) is 23.1. The topological polar surface area (TPSA) is 197 Å². The summed E-state index contributed by atoms with van der Waals surface area (Å²) in [7, 11) is 4.94. The van der Waals surface area contributed by atoms with Gasteiger partial charge in [0.1, 0.15) is 29.6 Å². The Hall–Kier alpha value is -5.61. The number of nitrogens with one attached hydrogen (secondary N) is 1. The molecule has 2 N–H and O–H groups in total. The van der Waals surface area contributed by atoms with Crippen LogP contribution >= 0.6 is 11.8 Å². The first-order valence-electron chi connectivity index (χ1n) is 22.0. The average molecular weight is 929 g/mol. The number of carbonyl (C=O) groups is 3. The number of nitrogens with zero attached hydrogens (tertiary/aromatic N) is 3. The monoisotopic (exact) mass is 928 g/mol. The van der Waals surface area contributed by atoms with Crippen LogP contribution in [-0.2, 0) is 37.4 Å². The highest BCUT2D eigenvalue weighted by Crippen LogP contribution is 2.65. The first-order chi connectivity index (χ1) is 31.2. The molecule has 0 saturated carbocycles. The van der Waals surface area contributed by atoms with Crippen molar-refractivity contribution in [3.8, 4) is 46.3 Å². The molecule has 10 rings (SSSR count). The van der Waals surface area contributed by atoms with Crippen molar-refractivity contribution in [1.82, 2.24) is 15.1 Å². The van der Waals surface area contributed by atoms with Crippen molar-refractivity contribution in [3.05, 3.63) is 62.7 Å². The first kappa shape index (κ1) is 45.5. The van der Waals surface area contributed by atoms with Gasteiger partial charge in [-0.05, 0) is 110 Å². The number of rotatable bonds is 4. The van der Waals surface area contributed by atoms with Gasteiger partial charge in [-0.25, -0.2) is 14.4 Å². The lowest BCUT2D eigenvalue weighted by Crippen LogP contribution is -2.69. The van der Waals surface area contributed by atoms with E-state index in [4.69, 9.17) is 42.6 Å². The van der Waals surface area contributed by atoms with E-state index in [0.717, 1.165) is 16.7 Å². The molecule has 0 aromatic heterocycles. The minimum Gasteiger partial charge on any atom is -0.504 e. The van der Waals surface area contributed by atoms with E-state index in [1.807, 2.05) is 20.0 Å². The van der Waals surface area contributed by atoms with Crippen molar-refractivity contribution in [2.24, 2.45) is 0 Å². The normalized spacial score (nSPS) is 26.4. The van der Waals surface area contributed by atoms with E-state index >= 15 is 4.79 Å². The molecule has 0 aliphatic carbocycles. The van der Waals surface area contributed by atoms with Crippen LogP contribution in [0.5, 0.6) is 40.2 Å². The van der Waals surface area contributed by atoms with E-state index in [1.165, 1.54) is 26.0 Å². The molecule has 66 heavy (non-hydrogen) atoms. The number of phenolic OH excluding ortho intramolecular Hbond substituents is 1. The third-order valence-electron chi connectivity index (χ3n) is 13.3. The fraction of sp³-hybridized carbons (Fsp3) is 0.542. The number of phenols is 1. The smallest absolute Gasteiger partial charge is 0.504 e. The van der Waals surface area contributed by atoms with Gasteiger partial charge in [-0.15, -0.1) is 11.8 Å². The van der Waals surface area contributed by atoms with Gasteiger partial charge in [-0.3, -0.25) is 15.1 Å². The molecule has 3 aromatic carbocycles. The molecule has 17 nitrogen and oxygen atoms in total. The minimum atomic E-state index is -1.49. The SMILES string of the molecule is COc1cc2c(cc1OC(=O)OC(C)(C)C)CCN[C@]21CS[C@@H]2c3c(OC(=O)OC(C)(C)C)c(C)c4c(c3[C@@H](COC1=O)N1C2[C@H]2c3c(cc(C)c(OC)c3O)C[C@H]([C@@H]1C#N)N2C)OCO4. The van der Waals surface area contributed by atoms with E-state index in [9.17, 15) is 20.0 Å². The second-order valence-corrected chi connectivity index (χ2v) is 20.7. The number of piperazine rings is 1. The molecule has 18 heteroatoms. The van der Waals surface area contributed by atoms with E-state index in [1.54, 1.807) is 60.6 Å². The third kappa shape index (κ3) is 7.29. The van der Waals surface area contributed by atoms with Crippen LogP contribution < -0.4 is 33.7 Å². The Morgan fingerprint density at radius 2 is 1.61 bits per heavy atom. The molecular weight excluding hydrogens is 873 g/mol. The summed E-state index contributed by atoms with van der Waals surface area (Å²) in [6.07, 6.45) is -0.916. The Kier molecular flexibility index (Phi) is 11.3. The summed E-state index contributed by atoms with van der Waals surface area (Å²) in [5, 5.41) is 26.4. The number of methoxy groups -OCH3 is 2. The van der Waals surface area contributed by atoms with Crippen LogP contribution in [0.4, 0.5) is 9.59 Å². The molecule has 2 fully saturated rings. The van der Waals surface area contributed by atoms with Gasteiger partial charge in [0.25, 0.3) is 0 Å². The predicted molar refractivity (Wildman–Crippen MR) is 239 cm³/mol. The standard InChI is InChI=1S/C48H56N4O13S/c1-22-14-25-15-27-28(18-49)52-29-19-59-43(54)48(26-17-30(57-10)31(16-24(26)12-13-50-48)62-44(55)64-46(3,4)5)20-66-42(36(52)35(51(27)9)32(25)37(53)38(22)58-11)34-33(29)41-40(60-21-61-41)23(2)39(34)63-45(56)65-47(6,7)8/h14,16-17,27-29,35-36,42,50,53H,12-13,15,19-21H2,1-11H3/t27-,28+,29-,35-,36?,42-,48-/m1/s1. The van der Waals surface area contributed by atoms with Crippen LogP contribution in [-0.4, -0.2) is 109 Å². The Bertz CT molecular complexity index is 2580. The van der Waals surface area contributed by atoms with Crippen LogP contribution in [0.15, 0.2) is 18.2 Å². The van der Waals surface area contributed by atoms with Gasteiger partial charge in [-0.1, -0.05) is 6.07 Å². The fourth-order valence-corrected chi connectivity index (χ4v) is 12.5. The van der Waals surface area contributed by atoms with Crippen LogP contribution in [0.25, 0.3) is 0 Å². The number of hydrogen-bond donors (Lipinski definition) is 2. The number of nitriles is 1. The van der Waals surface area contributed by atoms with Gasteiger partial charge in [0.15, 0.2) is 40.0 Å². The number of hydrogen-bond acceptors (Lipinski definition) is 18. The Morgan fingerprint density at radius 1 is 0.909 bits per heavy atom. The van der Waals surface area contributed by atoms with Gasteiger partial charge >= 0.3 is 18.3 Å². The van der Waals surface area contributed by atoms with Gasteiger partial charge in [-0.2, -0.15) is 5.26 Å². The predicted octanol–water partition coefficient (Wildman–Crippen LogP) is 6.98. The lowest BCUT2D eigenvalue weighted by Gasteiger charge is -2.62. The van der Waals surface area contributed by atoms with Crippen LogP contribution in [0.3, 0.4) is 0 Å². The maximum atomic E-state index is 15.2. The molecule has 352 valence electrons.